The standard InChI is InChI=1S/C17H14N2O4/c1-23-13-8-3-2-7-12(13)14-15(20)17(22)19(16(14)21)10-11-6-4-5-9-18-11/h2-9,20H,10H2,1H3. The number of amides is 2. The minimum absolute atomic E-state index is 0.00121. The van der Waals surface area contributed by atoms with Gasteiger partial charge < -0.3 is 9.84 Å². The highest BCUT2D eigenvalue weighted by Crippen LogP contribution is 2.34. The second kappa shape index (κ2) is 5.92. The van der Waals surface area contributed by atoms with Crippen molar-refractivity contribution in [2.75, 3.05) is 7.11 Å². The Bertz CT molecular complexity index is 799. The fourth-order valence-electron chi connectivity index (χ4n) is 2.45. The molecule has 3 rings (SSSR count). The first-order chi connectivity index (χ1) is 11.1. The number of aliphatic hydroxyl groups excluding tert-OH is 1. The van der Waals surface area contributed by atoms with E-state index in [1.807, 2.05) is 0 Å². The van der Waals surface area contributed by atoms with Gasteiger partial charge in [-0.05, 0) is 18.2 Å². The van der Waals surface area contributed by atoms with Gasteiger partial charge >= 0.3 is 0 Å². The van der Waals surface area contributed by atoms with Crippen LogP contribution in [0.3, 0.4) is 0 Å². The van der Waals surface area contributed by atoms with E-state index in [1.165, 1.54) is 7.11 Å². The monoisotopic (exact) mass is 310 g/mol. The van der Waals surface area contributed by atoms with Crippen LogP contribution in [0.15, 0.2) is 54.4 Å². The number of rotatable bonds is 4. The SMILES string of the molecule is COc1ccccc1C1=C(O)C(=O)N(Cc2ccccn2)C1=O. The quantitative estimate of drug-likeness (QED) is 0.873. The highest BCUT2D eigenvalue weighted by atomic mass is 16.5. The maximum Gasteiger partial charge on any atom is 0.296 e. The first-order valence-corrected chi connectivity index (χ1v) is 6.96. The number of pyridine rings is 1. The van der Waals surface area contributed by atoms with Crippen LogP contribution < -0.4 is 4.74 Å². The highest BCUT2D eigenvalue weighted by molar-refractivity contribution is 6.35. The van der Waals surface area contributed by atoms with E-state index < -0.39 is 17.6 Å². The van der Waals surface area contributed by atoms with Crippen LogP contribution in [-0.2, 0) is 16.1 Å². The molecule has 2 amide bonds. The van der Waals surface area contributed by atoms with E-state index in [4.69, 9.17) is 4.74 Å². The zero-order valence-corrected chi connectivity index (χ0v) is 12.4. The van der Waals surface area contributed by atoms with Gasteiger partial charge in [0.2, 0.25) is 0 Å². The molecule has 6 nitrogen and oxygen atoms in total. The van der Waals surface area contributed by atoms with Gasteiger partial charge in [-0.2, -0.15) is 0 Å². The molecule has 2 heterocycles. The van der Waals surface area contributed by atoms with E-state index >= 15 is 0 Å². The van der Waals surface area contributed by atoms with Crippen molar-refractivity contribution in [3.8, 4) is 5.75 Å². The summed E-state index contributed by atoms with van der Waals surface area (Å²) in [5.41, 5.74) is 0.890. The zero-order valence-electron chi connectivity index (χ0n) is 12.4. The van der Waals surface area contributed by atoms with Crippen molar-refractivity contribution in [2.45, 2.75) is 6.54 Å². The van der Waals surface area contributed by atoms with E-state index in [-0.39, 0.29) is 12.1 Å². The first kappa shape index (κ1) is 14.8. The minimum atomic E-state index is -0.735. The normalized spacial score (nSPS) is 14.6. The smallest absolute Gasteiger partial charge is 0.296 e. The van der Waals surface area contributed by atoms with E-state index in [0.29, 0.717) is 17.0 Å². The van der Waals surface area contributed by atoms with Crippen LogP contribution in [0.5, 0.6) is 5.75 Å². The first-order valence-electron chi connectivity index (χ1n) is 6.96. The second-order valence-electron chi connectivity index (χ2n) is 4.94. The maximum atomic E-state index is 12.6. The molecule has 0 fully saturated rings. The maximum absolute atomic E-state index is 12.6. The summed E-state index contributed by atoms with van der Waals surface area (Å²) in [5.74, 6) is -1.46. The molecule has 1 aliphatic rings. The van der Waals surface area contributed by atoms with Gasteiger partial charge in [-0.25, -0.2) is 0 Å². The lowest BCUT2D eigenvalue weighted by molar-refractivity contribution is -0.138. The minimum Gasteiger partial charge on any atom is -0.502 e. The summed E-state index contributed by atoms with van der Waals surface area (Å²) < 4.78 is 5.20. The molecule has 0 saturated carbocycles. The summed E-state index contributed by atoms with van der Waals surface area (Å²) in [5, 5.41) is 10.1. The molecule has 1 aromatic heterocycles. The van der Waals surface area contributed by atoms with Crippen LogP contribution >= 0.6 is 0 Å². The Morgan fingerprint density at radius 3 is 2.52 bits per heavy atom. The molecule has 0 saturated heterocycles. The third-order valence-corrected chi connectivity index (χ3v) is 3.57. The Hall–Kier alpha value is -3.15. The van der Waals surface area contributed by atoms with E-state index in [1.54, 1.807) is 48.7 Å². The molecule has 0 radical (unpaired) electrons. The molecule has 0 unspecified atom stereocenters. The number of carbonyl (C=O) groups excluding carboxylic acids is 2. The molecule has 1 aliphatic heterocycles. The third kappa shape index (κ3) is 2.55. The van der Waals surface area contributed by atoms with E-state index in [9.17, 15) is 14.7 Å². The van der Waals surface area contributed by atoms with Crippen LogP contribution in [0.25, 0.3) is 5.57 Å². The molecule has 1 aromatic carbocycles. The number of hydrogen-bond acceptors (Lipinski definition) is 5. The lowest BCUT2D eigenvalue weighted by Gasteiger charge is -2.14. The van der Waals surface area contributed by atoms with Gasteiger partial charge in [0.15, 0.2) is 5.76 Å². The Labute approximate surface area is 132 Å². The topological polar surface area (TPSA) is 79.7 Å². The Balaban J connectivity index is 1.97. The lowest BCUT2D eigenvalue weighted by Crippen LogP contribution is -2.31. The van der Waals surface area contributed by atoms with E-state index in [2.05, 4.69) is 4.98 Å². The zero-order chi connectivity index (χ0) is 16.4. The average Bonchev–Trinajstić information content (AvgIpc) is 2.79. The molecule has 0 bridgehead atoms. The van der Waals surface area contributed by atoms with Gasteiger partial charge in [0.05, 0.1) is 24.9 Å². The average molecular weight is 310 g/mol. The molecular formula is C17H14N2O4. The van der Waals surface area contributed by atoms with Crippen molar-refractivity contribution in [3.05, 3.63) is 65.7 Å². The summed E-state index contributed by atoms with van der Waals surface area (Å²) >= 11 is 0. The van der Waals surface area contributed by atoms with Gasteiger partial charge in [-0.1, -0.05) is 24.3 Å². The number of carbonyl (C=O) groups is 2. The van der Waals surface area contributed by atoms with Crippen LogP contribution in [0, 0.1) is 0 Å². The third-order valence-electron chi connectivity index (χ3n) is 3.57. The summed E-state index contributed by atoms with van der Waals surface area (Å²) in [6.45, 7) is 0.00121. The molecule has 23 heavy (non-hydrogen) atoms. The van der Waals surface area contributed by atoms with Crippen molar-refractivity contribution in [1.82, 2.24) is 9.88 Å². The van der Waals surface area contributed by atoms with Crippen LogP contribution in [-0.4, -0.2) is 33.9 Å². The molecule has 0 spiro atoms. The van der Waals surface area contributed by atoms with Crippen LogP contribution in [0.2, 0.25) is 0 Å². The fraction of sp³-hybridized carbons (Fsp3) is 0.118. The summed E-state index contributed by atoms with van der Waals surface area (Å²) in [6, 6.07) is 12.0. The fourth-order valence-corrected chi connectivity index (χ4v) is 2.45. The second-order valence-corrected chi connectivity index (χ2v) is 4.94. The molecule has 0 aliphatic carbocycles. The van der Waals surface area contributed by atoms with Crippen LogP contribution in [0.4, 0.5) is 0 Å². The van der Waals surface area contributed by atoms with E-state index in [0.717, 1.165) is 4.90 Å². The van der Waals surface area contributed by atoms with Gasteiger partial charge in [0.25, 0.3) is 11.8 Å². The molecular weight excluding hydrogens is 296 g/mol. The number of ether oxygens (including phenoxy) is 1. The van der Waals surface area contributed by atoms with Crippen molar-refractivity contribution in [2.24, 2.45) is 0 Å². The Morgan fingerprint density at radius 2 is 1.83 bits per heavy atom. The van der Waals surface area contributed by atoms with Crippen LogP contribution in [0.1, 0.15) is 11.3 Å². The van der Waals surface area contributed by atoms with Gasteiger partial charge in [-0.15, -0.1) is 0 Å². The number of methoxy groups -OCH3 is 1. The highest BCUT2D eigenvalue weighted by Gasteiger charge is 2.40. The number of aliphatic hydroxyl groups is 1. The Kier molecular flexibility index (Phi) is 3.80. The number of hydrogen-bond donors (Lipinski definition) is 1. The summed E-state index contributed by atoms with van der Waals surface area (Å²) in [6.07, 6.45) is 1.58. The molecule has 1 N–H and O–H groups in total. The largest absolute Gasteiger partial charge is 0.502 e. The number of benzene rings is 1. The van der Waals surface area contributed by atoms with Crippen molar-refractivity contribution >= 4 is 17.4 Å². The van der Waals surface area contributed by atoms with Gasteiger partial charge in [-0.3, -0.25) is 19.5 Å². The summed E-state index contributed by atoms with van der Waals surface area (Å²) in [4.78, 5) is 29.9. The number of imide groups is 1. The van der Waals surface area contributed by atoms with Crippen molar-refractivity contribution < 1.29 is 19.4 Å². The molecule has 2 aromatic rings. The Morgan fingerprint density at radius 1 is 1.09 bits per heavy atom. The van der Waals surface area contributed by atoms with Crippen molar-refractivity contribution in [1.29, 1.82) is 0 Å². The lowest BCUT2D eigenvalue weighted by atomic mass is 10.0. The van der Waals surface area contributed by atoms with Crippen molar-refractivity contribution in [3.63, 3.8) is 0 Å². The number of nitrogens with zero attached hydrogens (tertiary/aromatic N) is 2. The predicted molar refractivity (Wildman–Crippen MR) is 82.3 cm³/mol. The molecule has 0 atom stereocenters. The predicted octanol–water partition coefficient (Wildman–Crippen LogP) is 1.93. The van der Waals surface area contributed by atoms with Gasteiger partial charge in [0.1, 0.15) is 5.75 Å². The van der Waals surface area contributed by atoms with Gasteiger partial charge in [0, 0.05) is 11.8 Å². The number of aromatic nitrogens is 1. The number of para-hydroxylation sites is 1. The molecule has 6 heteroatoms. The summed E-state index contributed by atoms with van der Waals surface area (Å²) in [7, 11) is 1.46. The molecule has 116 valence electrons.